The summed E-state index contributed by atoms with van der Waals surface area (Å²) in [7, 11) is 0. The second kappa shape index (κ2) is 5.46. The third-order valence-corrected chi connectivity index (χ3v) is 3.10. The number of nitrogens with zero attached hydrogens (tertiary/aromatic N) is 1. The number of rotatable bonds is 4. The molecule has 1 fully saturated rings. The first-order valence-electron chi connectivity index (χ1n) is 5.37. The summed E-state index contributed by atoms with van der Waals surface area (Å²) in [6.45, 7) is 2.20. The SMILES string of the molecule is O=C(O)c1cc(Br)cnc1NCC1CCOC1. The maximum atomic E-state index is 11.0. The minimum absolute atomic E-state index is 0.179. The Balaban J connectivity index is 2.06. The molecule has 92 valence electrons. The van der Waals surface area contributed by atoms with Crippen molar-refractivity contribution < 1.29 is 14.6 Å². The number of anilines is 1. The topological polar surface area (TPSA) is 71.5 Å². The van der Waals surface area contributed by atoms with E-state index in [1.54, 1.807) is 12.3 Å². The van der Waals surface area contributed by atoms with Crippen LogP contribution in [-0.4, -0.2) is 35.8 Å². The van der Waals surface area contributed by atoms with Crippen LogP contribution in [0.5, 0.6) is 0 Å². The number of aromatic carboxylic acids is 1. The van der Waals surface area contributed by atoms with Crippen molar-refractivity contribution in [2.45, 2.75) is 6.42 Å². The van der Waals surface area contributed by atoms with Gasteiger partial charge < -0.3 is 15.2 Å². The first kappa shape index (κ1) is 12.3. The van der Waals surface area contributed by atoms with Gasteiger partial charge in [0, 0.05) is 29.7 Å². The highest BCUT2D eigenvalue weighted by Crippen LogP contribution is 2.19. The maximum absolute atomic E-state index is 11.0. The Hall–Kier alpha value is -1.14. The van der Waals surface area contributed by atoms with Crippen LogP contribution in [-0.2, 0) is 4.74 Å². The maximum Gasteiger partial charge on any atom is 0.339 e. The second-order valence-corrected chi connectivity index (χ2v) is 4.88. The molecule has 0 aromatic carbocycles. The molecule has 1 aliphatic heterocycles. The van der Waals surface area contributed by atoms with E-state index in [-0.39, 0.29) is 5.56 Å². The van der Waals surface area contributed by atoms with E-state index >= 15 is 0 Å². The average molecular weight is 301 g/mol. The Labute approximate surface area is 107 Å². The van der Waals surface area contributed by atoms with E-state index in [4.69, 9.17) is 9.84 Å². The number of pyridine rings is 1. The lowest BCUT2D eigenvalue weighted by molar-refractivity contribution is 0.0697. The number of nitrogens with one attached hydrogen (secondary N) is 1. The summed E-state index contributed by atoms with van der Waals surface area (Å²) in [4.78, 5) is 15.1. The second-order valence-electron chi connectivity index (χ2n) is 3.97. The van der Waals surface area contributed by atoms with Crippen molar-refractivity contribution in [2.75, 3.05) is 25.1 Å². The lowest BCUT2D eigenvalue weighted by Gasteiger charge is -2.11. The van der Waals surface area contributed by atoms with E-state index in [0.717, 1.165) is 19.6 Å². The standard InChI is InChI=1S/C11H13BrN2O3/c12-8-3-9(11(15)16)10(14-5-8)13-4-7-1-2-17-6-7/h3,5,7H,1-2,4,6H2,(H,13,14)(H,15,16). The molecule has 0 radical (unpaired) electrons. The van der Waals surface area contributed by atoms with E-state index in [1.165, 1.54) is 0 Å². The minimum Gasteiger partial charge on any atom is -0.478 e. The molecule has 2 heterocycles. The van der Waals surface area contributed by atoms with Crippen molar-refractivity contribution in [1.82, 2.24) is 4.98 Å². The number of halogens is 1. The van der Waals surface area contributed by atoms with Gasteiger partial charge in [0.25, 0.3) is 0 Å². The molecule has 1 aromatic rings. The summed E-state index contributed by atoms with van der Waals surface area (Å²) in [5.41, 5.74) is 0.179. The van der Waals surface area contributed by atoms with Gasteiger partial charge in [-0.25, -0.2) is 9.78 Å². The Morgan fingerprint density at radius 1 is 1.71 bits per heavy atom. The van der Waals surface area contributed by atoms with Crippen molar-refractivity contribution in [2.24, 2.45) is 5.92 Å². The Kier molecular flexibility index (Phi) is 3.96. The molecule has 2 rings (SSSR count). The van der Waals surface area contributed by atoms with E-state index in [1.807, 2.05) is 0 Å². The highest BCUT2D eigenvalue weighted by Gasteiger charge is 2.17. The Bertz CT molecular complexity index is 419. The van der Waals surface area contributed by atoms with Gasteiger partial charge >= 0.3 is 5.97 Å². The average Bonchev–Trinajstić information content (AvgIpc) is 2.80. The van der Waals surface area contributed by atoms with Gasteiger partial charge in [-0.2, -0.15) is 0 Å². The third-order valence-electron chi connectivity index (χ3n) is 2.67. The number of carboxylic acid groups (broad SMARTS) is 1. The van der Waals surface area contributed by atoms with Crippen LogP contribution in [0.2, 0.25) is 0 Å². The molecule has 0 amide bonds. The van der Waals surface area contributed by atoms with Gasteiger partial charge in [-0.15, -0.1) is 0 Å². The van der Waals surface area contributed by atoms with Gasteiger partial charge in [0.05, 0.1) is 6.61 Å². The lowest BCUT2D eigenvalue weighted by Crippen LogP contribution is -2.17. The minimum atomic E-state index is -0.982. The molecular weight excluding hydrogens is 288 g/mol. The molecule has 1 atom stereocenters. The number of aromatic nitrogens is 1. The zero-order valence-corrected chi connectivity index (χ0v) is 10.7. The molecule has 1 aliphatic rings. The van der Waals surface area contributed by atoms with Gasteiger partial charge in [-0.3, -0.25) is 0 Å². The first-order chi connectivity index (χ1) is 8.16. The van der Waals surface area contributed by atoms with E-state index in [2.05, 4.69) is 26.2 Å². The van der Waals surface area contributed by atoms with Crippen LogP contribution in [0.15, 0.2) is 16.7 Å². The van der Waals surface area contributed by atoms with Crippen LogP contribution >= 0.6 is 15.9 Å². The van der Waals surface area contributed by atoms with Crippen molar-refractivity contribution >= 4 is 27.7 Å². The van der Waals surface area contributed by atoms with Crippen LogP contribution in [0.1, 0.15) is 16.8 Å². The van der Waals surface area contributed by atoms with Gasteiger partial charge in [0.1, 0.15) is 11.4 Å². The molecule has 0 spiro atoms. The summed E-state index contributed by atoms with van der Waals surface area (Å²) in [5.74, 6) is -0.140. The molecular formula is C11H13BrN2O3. The zero-order chi connectivity index (χ0) is 12.3. The molecule has 0 bridgehead atoms. The summed E-state index contributed by atoms with van der Waals surface area (Å²) < 4.78 is 5.92. The van der Waals surface area contributed by atoms with Crippen LogP contribution in [0.4, 0.5) is 5.82 Å². The fourth-order valence-corrected chi connectivity index (χ4v) is 2.06. The summed E-state index contributed by atoms with van der Waals surface area (Å²) in [6, 6.07) is 1.54. The lowest BCUT2D eigenvalue weighted by atomic mass is 10.1. The summed E-state index contributed by atoms with van der Waals surface area (Å²) in [5, 5.41) is 12.1. The van der Waals surface area contributed by atoms with Crippen LogP contribution in [0, 0.1) is 5.92 Å². The first-order valence-corrected chi connectivity index (χ1v) is 6.16. The Morgan fingerprint density at radius 3 is 3.18 bits per heavy atom. The van der Waals surface area contributed by atoms with Gasteiger partial charge in [-0.05, 0) is 28.4 Å². The van der Waals surface area contributed by atoms with Crippen LogP contribution in [0.25, 0.3) is 0 Å². The molecule has 1 aromatic heterocycles. The van der Waals surface area contributed by atoms with Crippen molar-refractivity contribution in [1.29, 1.82) is 0 Å². The highest BCUT2D eigenvalue weighted by atomic mass is 79.9. The van der Waals surface area contributed by atoms with Gasteiger partial charge in [0.2, 0.25) is 0 Å². The molecule has 1 saturated heterocycles. The van der Waals surface area contributed by atoms with E-state index in [9.17, 15) is 4.79 Å². The summed E-state index contributed by atoms with van der Waals surface area (Å²) in [6.07, 6.45) is 2.59. The zero-order valence-electron chi connectivity index (χ0n) is 9.15. The fourth-order valence-electron chi connectivity index (χ4n) is 1.73. The number of carbonyl (C=O) groups is 1. The number of carboxylic acids is 1. The molecule has 0 saturated carbocycles. The molecule has 0 aliphatic carbocycles. The van der Waals surface area contributed by atoms with Crippen molar-refractivity contribution in [3.8, 4) is 0 Å². The number of ether oxygens (including phenoxy) is 1. The van der Waals surface area contributed by atoms with E-state index in [0.29, 0.717) is 22.8 Å². The third kappa shape index (κ3) is 3.17. The van der Waals surface area contributed by atoms with Gasteiger partial charge in [-0.1, -0.05) is 0 Å². The normalized spacial score (nSPS) is 19.2. The predicted octanol–water partition coefficient (Wildman–Crippen LogP) is 1.99. The predicted molar refractivity (Wildman–Crippen MR) is 66.3 cm³/mol. The largest absolute Gasteiger partial charge is 0.478 e. The molecule has 1 unspecified atom stereocenters. The Morgan fingerprint density at radius 2 is 2.53 bits per heavy atom. The number of hydrogen-bond acceptors (Lipinski definition) is 4. The van der Waals surface area contributed by atoms with Gasteiger partial charge in [0.15, 0.2) is 0 Å². The highest BCUT2D eigenvalue weighted by molar-refractivity contribution is 9.10. The van der Waals surface area contributed by atoms with Crippen molar-refractivity contribution in [3.05, 3.63) is 22.3 Å². The molecule has 2 N–H and O–H groups in total. The number of hydrogen-bond donors (Lipinski definition) is 2. The fraction of sp³-hybridized carbons (Fsp3) is 0.455. The van der Waals surface area contributed by atoms with Crippen molar-refractivity contribution in [3.63, 3.8) is 0 Å². The quantitative estimate of drug-likeness (QED) is 0.890. The molecule has 5 nitrogen and oxygen atoms in total. The van der Waals surface area contributed by atoms with Crippen LogP contribution in [0.3, 0.4) is 0 Å². The smallest absolute Gasteiger partial charge is 0.339 e. The van der Waals surface area contributed by atoms with E-state index < -0.39 is 5.97 Å². The van der Waals surface area contributed by atoms with Crippen LogP contribution < -0.4 is 5.32 Å². The molecule has 6 heteroatoms. The monoisotopic (exact) mass is 300 g/mol. The molecule has 17 heavy (non-hydrogen) atoms. The summed E-state index contributed by atoms with van der Waals surface area (Å²) >= 11 is 3.21.